The molecule has 0 saturated carbocycles. The standard InChI is InChI=1S/C15H13Cl.C3H9N/c16-13-8-5-12(6-9-13)15-10-7-11-3-1-2-4-14(11)15;1-4(2)3/h1-6,8-9,15H,7,10H2;1-3H3. The first-order valence-electron chi connectivity index (χ1n) is 7.02. The fourth-order valence-electron chi connectivity index (χ4n) is 2.60. The third-order valence-electron chi connectivity index (χ3n) is 3.41. The zero-order valence-electron chi connectivity index (χ0n) is 12.4. The molecule has 1 unspecified atom stereocenters. The fourth-order valence-corrected chi connectivity index (χ4v) is 2.72. The van der Waals surface area contributed by atoms with Gasteiger partial charge in [-0.1, -0.05) is 48.0 Å². The van der Waals surface area contributed by atoms with Crippen molar-refractivity contribution in [2.24, 2.45) is 0 Å². The third-order valence-corrected chi connectivity index (χ3v) is 3.66. The number of aryl methyl sites for hydroxylation is 1. The van der Waals surface area contributed by atoms with Crippen LogP contribution in [0.15, 0.2) is 48.5 Å². The maximum atomic E-state index is 5.92. The van der Waals surface area contributed by atoms with E-state index in [0.29, 0.717) is 5.92 Å². The molecule has 0 amide bonds. The Bertz CT molecular complexity index is 543. The van der Waals surface area contributed by atoms with Crippen molar-refractivity contribution in [1.29, 1.82) is 0 Å². The Balaban J connectivity index is 0.000000328. The molecule has 1 aliphatic carbocycles. The highest BCUT2D eigenvalue weighted by Crippen LogP contribution is 2.37. The summed E-state index contributed by atoms with van der Waals surface area (Å²) in [7, 11) is 6.00. The molecule has 0 N–H and O–H groups in total. The summed E-state index contributed by atoms with van der Waals surface area (Å²) >= 11 is 5.92. The van der Waals surface area contributed by atoms with E-state index in [-0.39, 0.29) is 0 Å². The smallest absolute Gasteiger partial charge is 0.0406 e. The summed E-state index contributed by atoms with van der Waals surface area (Å²) in [6.45, 7) is 0. The van der Waals surface area contributed by atoms with E-state index in [1.54, 1.807) is 0 Å². The zero-order chi connectivity index (χ0) is 14.5. The average molecular weight is 288 g/mol. The largest absolute Gasteiger partial charge is 0.312 e. The maximum Gasteiger partial charge on any atom is 0.0406 e. The molecule has 0 radical (unpaired) electrons. The topological polar surface area (TPSA) is 3.24 Å². The Morgan fingerprint density at radius 1 is 0.950 bits per heavy atom. The van der Waals surface area contributed by atoms with Gasteiger partial charge in [0.2, 0.25) is 0 Å². The predicted octanol–water partition coefficient (Wildman–Crippen LogP) is 4.60. The van der Waals surface area contributed by atoms with Crippen LogP contribution in [0.4, 0.5) is 0 Å². The average Bonchev–Trinajstić information content (AvgIpc) is 2.83. The molecule has 0 saturated heterocycles. The van der Waals surface area contributed by atoms with E-state index in [9.17, 15) is 0 Å². The van der Waals surface area contributed by atoms with Crippen LogP contribution >= 0.6 is 11.6 Å². The third kappa shape index (κ3) is 3.84. The van der Waals surface area contributed by atoms with Crippen molar-refractivity contribution in [2.45, 2.75) is 18.8 Å². The van der Waals surface area contributed by atoms with Gasteiger partial charge in [0.1, 0.15) is 0 Å². The van der Waals surface area contributed by atoms with Gasteiger partial charge in [-0.25, -0.2) is 0 Å². The van der Waals surface area contributed by atoms with Crippen LogP contribution in [0.3, 0.4) is 0 Å². The van der Waals surface area contributed by atoms with Crippen LogP contribution in [-0.2, 0) is 6.42 Å². The second kappa shape index (κ2) is 6.92. The molecule has 0 aromatic heterocycles. The van der Waals surface area contributed by atoms with Gasteiger partial charge in [0, 0.05) is 10.9 Å². The first-order chi connectivity index (χ1) is 9.58. The van der Waals surface area contributed by atoms with Crippen LogP contribution in [0, 0.1) is 0 Å². The van der Waals surface area contributed by atoms with Gasteiger partial charge in [-0.3, -0.25) is 0 Å². The van der Waals surface area contributed by atoms with E-state index in [4.69, 9.17) is 11.6 Å². The van der Waals surface area contributed by atoms with E-state index in [2.05, 4.69) is 36.4 Å². The minimum absolute atomic E-state index is 0.563. The highest BCUT2D eigenvalue weighted by atomic mass is 35.5. The molecule has 106 valence electrons. The van der Waals surface area contributed by atoms with Crippen molar-refractivity contribution in [2.75, 3.05) is 21.1 Å². The number of benzene rings is 2. The number of rotatable bonds is 1. The van der Waals surface area contributed by atoms with Crippen LogP contribution in [0.2, 0.25) is 5.02 Å². The van der Waals surface area contributed by atoms with Crippen LogP contribution in [0.1, 0.15) is 29.0 Å². The van der Waals surface area contributed by atoms with E-state index in [0.717, 1.165) is 5.02 Å². The van der Waals surface area contributed by atoms with Crippen LogP contribution < -0.4 is 0 Å². The molecule has 20 heavy (non-hydrogen) atoms. The second-order valence-corrected chi connectivity index (χ2v) is 6.12. The lowest BCUT2D eigenvalue weighted by molar-refractivity contribution is 0.505. The summed E-state index contributed by atoms with van der Waals surface area (Å²) in [5, 5.41) is 0.815. The normalized spacial score (nSPS) is 16.6. The number of hydrogen-bond acceptors (Lipinski definition) is 1. The molecule has 1 aliphatic rings. The van der Waals surface area contributed by atoms with Gasteiger partial charge in [-0.2, -0.15) is 0 Å². The first kappa shape index (κ1) is 15.1. The second-order valence-electron chi connectivity index (χ2n) is 5.68. The Labute approximate surface area is 127 Å². The van der Waals surface area contributed by atoms with Gasteiger partial charge < -0.3 is 4.90 Å². The van der Waals surface area contributed by atoms with Gasteiger partial charge in [-0.05, 0) is 62.8 Å². The molecule has 0 bridgehead atoms. The van der Waals surface area contributed by atoms with Gasteiger partial charge in [0.15, 0.2) is 0 Å². The summed E-state index contributed by atoms with van der Waals surface area (Å²) in [6, 6.07) is 17.0. The van der Waals surface area contributed by atoms with Gasteiger partial charge >= 0.3 is 0 Å². The maximum absolute atomic E-state index is 5.92. The number of hydrogen-bond donors (Lipinski definition) is 0. The Hall–Kier alpha value is -1.31. The summed E-state index contributed by atoms with van der Waals surface area (Å²) in [6.07, 6.45) is 2.42. The molecular formula is C18H22ClN. The van der Waals surface area contributed by atoms with Crippen LogP contribution in [0.5, 0.6) is 0 Å². The van der Waals surface area contributed by atoms with E-state index >= 15 is 0 Å². The molecule has 2 aromatic rings. The molecule has 2 heteroatoms. The van der Waals surface area contributed by atoms with Crippen molar-refractivity contribution in [1.82, 2.24) is 4.90 Å². The number of fused-ring (bicyclic) bond motifs is 1. The summed E-state index contributed by atoms with van der Waals surface area (Å²) in [5.74, 6) is 0.563. The quantitative estimate of drug-likeness (QED) is 0.741. The molecule has 1 nitrogen and oxygen atoms in total. The molecule has 0 heterocycles. The highest BCUT2D eigenvalue weighted by molar-refractivity contribution is 6.30. The summed E-state index contributed by atoms with van der Waals surface area (Å²) in [5.41, 5.74) is 4.38. The molecule has 0 fully saturated rings. The first-order valence-corrected chi connectivity index (χ1v) is 7.40. The predicted molar refractivity (Wildman–Crippen MR) is 87.7 cm³/mol. The fraction of sp³-hybridized carbons (Fsp3) is 0.333. The Kier molecular flexibility index (Phi) is 5.22. The van der Waals surface area contributed by atoms with Crippen molar-refractivity contribution < 1.29 is 0 Å². The molecule has 1 atom stereocenters. The number of halogens is 1. The lowest BCUT2D eigenvalue weighted by Crippen LogP contribution is -1.99. The minimum atomic E-state index is 0.563. The van der Waals surface area contributed by atoms with Crippen molar-refractivity contribution in [3.63, 3.8) is 0 Å². The van der Waals surface area contributed by atoms with E-state index in [1.165, 1.54) is 29.5 Å². The van der Waals surface area contributed by atoms with Crippen LogP contribution in [-0.4, -0.2) is 26.0 Å². The molecule has 2 aromatic carbocycles. The van der Waals surface area contributed by atoms with Gasteiger partial charge in [0.05, 0.1) is 0 Å². The van der Waals surface area contributed by atoms with Gasteiger partial charge in [0.25, 0.3) is 0 Å². The van der Waals surface area contributed by atoms with Crippen molar-refractivity contribution >= 4 is 11.6 Å². The lowest BCUT2D eigenvalue weighted by atomic mass is 9.93. The van der Waals surface area contributed by atoms with Crippen molar-refractivity contribution in [3.05, 3.63) is 70.2 Å². The van der Waals surface area contributed by atoms with Crippen LogP contribution in [0.25, 0.3) is 0 Å². The highest BCUT2D eigenvalue weighted by Gasteiger charge is 2.22. The Morgan fingerprint density at radius 2 is 1.55 bits per heavy atom. The zero-order valence-corrected chi connectivity index (χ0v) is 13.2. The van der Waals surface area contributed by atoms with E-state index in [1.807, 2.05) is 38.2 Å². The van der Waals surface area contributed by atoms with Crippen molar-refractivity contribution in [3.8, 4) is 0 Å². The Morgan fingerprint density at radius 3 is 2.20 bits per heavy atom. The summed E-state index contributed by atoms with van der Waals surface area (Å²) in [4.78, 5) is 2.00. The van der Waals surface area contributed by atoms with E-state index < -0.39 is 0 Å². The molecular weight excluding hydrogens is 266 g/mol. The minimum Gasteiger partial charge on any atom is -0.312 e. The van der Waals surface area contributed by atoms with Gasteiger partial charge in [-0.15, -0.1) is 0 Å². The molecule has 0 spiro atoms. The molecule has 0 aliphatic heterocycles. The monoisotopic (exact) mass is 287 g/mol. The molecule has 3 rings (SSSR count). The SMILES string of the molecule is CN(C)C.Clc1ccc(C2CCc3ccccc32)cc1. The summed E-state index contributed by atoms with van der Waals surface area (Å²) < 4.78 is 0. The number of nitrogens with zero attached hydrogens (tertiary/aromatic N) is 1. The lowest BCUT2D eigenvalue weighted by Gasteiger charge is -2.11.